The average Bonchev–Trinajstić information content (AvgIpc) is 2.56. The Balaban J connectivity index is 2.30. The van der Waals surface area contributed by atoms with Gasteiger partial charge in [-0.3, -0.25) is 4.79 Å². The van der Waals surface area contributed by atoms with Crippen LogP contribution >= 0.6 is 0 Å². The van der Waals surface area contributed by atoms with Crippen LogP contribution in [0.3, 0.4) is 0 Å². The monoisotopic (exact) mass is 292 g/mol. The van der Waals surface area contributed by atoms with Crippen LogP contribution in [0.5, 0.6) is 0 Å². The lowest BCUT2D eigenvalue weighted by molar-refractivity contribution is -0.131. The van der Waals surface area contributed by atoms with Gasteiger partial charge in [0.2, 0.25) is 5.91 Å². The Hall–Kier alpha value is -1.43. The summed E-state index contributed by atoms with van der Waals surface area (Å²) in [5.41, 5.74) is -0.607. The molecule has 5 heteroatoms. The quantitative estimate of drug-likeness (QED) is 0.623. The molecule has 1 fully saturated rings. The van der Waals surface area contributed by atoms with Gasteiger partial charge in [0.25, 0.3) is 0 Å². The van der Waals surface area contributed by atoms with Crippen molar-refractivity contribution in [2.75, 3.05) is 26.3 Å². The third kappa shape index (κ3) is 3.26. The lowest BCUT2D eigenvalue weighted by Crippen LogP contribution is -2.59. The molecule has 0 aromatic heterocycles. The molecule has 4 N–H and O–H groups in total. The normalized spacial score (nSPS) is 18.2. The lowest BCUT2D eigenvalue weighted by Gasteiger charge is -2.39. The fourth-order valence-electron chi connectivity index (χ4n) is 2.78. The van der Waals surface area contributed by atoms with Gasteiger partial charge in [-0.15, -0.1) is 0 Å². The second-order valence-corrected chi connectivity index (χ2v) is 6.03. The molecular formula is C16H24N2O3. The number of carbonyl (C=O) groups is 1. The highest BCUT2D eigenvalue weighted by atomic mass is 16.3. The summed E-state index contributed by atoms with van der Waals surface area (Å²) in [5, 5.41) is 24.9. The maximum atomic E-state index is 12.9. The van der Waals surface area contributed by atoms with Crippen molar-refractivity contribution in [3.63, 3.8) is 0 Å². The molecule has 1 aliphatic heterocycles. The molecule has 0 saturated carbocycles. The van der Waals surface area contributed by atoms with Crippen molar-refractivity contribution < 1.29 is 15.0 Å². The maximum absolute atomic E-state index is 12.9. The zero-order valence-electron chi connectivity index (χ0n) is 12.4. The molecule has 0 aliphatic carbocycles. The fourth-order valence-corrected chi connectivity index (χ4v) is 2.78. The second kappa shape index (κ2) is 6.56. The van der Waals surface area contributed by atoms with Crippen LogP contribution in [0.2, 0.25) is 0 Å². The zero-order valence-corrected chi connectivity index (χ0v) is 12.4. The van der Waals surface area contributed by atoms with Gasteiger partial charge < -0.3 is 20.8 Å². The minimum absolute atomic E-state index is 0.124. The van der Waals surface area contributed by atoms with Gasteiger partial charge in [0.05, 0.1) is 24.2 Å². The third-order valence-corrected chi connectivity index (χ3v) is 4.33. The Morgan fingerprint density at radius 1 is 1.24 bits per heavy atom. The van der Waals surface area contributed by atoms with Crippen molar-refractivity contribution in [3.8, 4) is 0 Å². The smallest absolute Gasteiger partial charge is 0.231 e. The van der Waals surface area contributed by atoms with E-state index in [1.165, 1.54) is 0 Å². The van der Waals surface area contributed by atoms with Crippen LogP contribution in [0.15, 0.2) is 30.3 Å². The van der Waals surface area contributed by atoms with E-state index in [0.29, 0.717) is 12.8 Å². The van der Waals surface area contributed by atoms with Crippen LogP contribution in [0.25, 0.3) is 0 Å². The first kappa shape index (κ1) is 15.9. The van der Waals surface area contributed by atoms with Crippen molar-refractivity contribution >= 4 is 5.91 Å². The second-order valence-electron chi connectivity index (χ2n) is 6.03. The fraction of sp³-hybridized carbons (Fsp3) is 0.562. The van der Waals surface area contributed by atoms with Crippen molar-refractivity contribution in [1.82, 2.24) is 10.6 Å². The Morgan fingerprint density at radius 3 is 2.33 bits per heavy atom. The Kier molecular flexibility index (Phi) is 4.98. The van der Waals surface area contributed by atoms with E-state index in [2.05, 4.69) is 10.6 Å². The van der Waals surface area contributed by atoms with Gasteiger partial charge in [-0.1, -0.05) is 30.3 Å². The van der Waals surface area contributed by atoms with Crippen LogP contribution in [0.1, 0.15) is 25.3 Å². The number of benzene rings is 1. The molecule has 21 heavy (non-hydrogen) atoms. The predicted octanol–water partition coefficient (Wildman–Crippen LogP) is 0.167. The summed E-state index contributed by atoms with van der Waals surface area (Å²) in [6.45, 7) is 2.61. The topological polar surface area (TPSA) is 81.6 Å². The Labute approximate surface area is 125 Å². The predicted molar refractivity (Wildman–Crippen MR) is 80.9 cm³/mol. The number of amides is 1. The summed E-state index contributed by atoms with van der Waals surface area (Å²) in [6, 6.07) is 9.75. The molecule has 1 aromatic rings. The standard InChI is InChI=1S/C16H24N2O3/c1-15(11-19,12-20)18-14(21)16(7-9-17-10-8-16)13-5-3-2-4-6-13/h2-6,17,19-20H,7-12H2,1H3,(H,18,21). The van der Waals surface area contributed by atoms with Crippen molar-refractivity contribution in [3.05, 3.63) is 35.9 Å². The molecule has 0 atom stereocenters. The molecule has 0 radical (unpaired) electrons. The molecule has 1 aromatic carbocycles. The number of rotatable bonds is 5. The van der Waals surface area contributed by atoms with Gasteiger partial charge in [0.1, 0.15) is 0 Å². The van der Waals surface area contributed by atoms with Crippen LogP contribution in [0.4, 0.5) is 0 Å². The van der Waals surface area contributed by atoms with Crippen LogP contribution in [0, 0.1) is 0 Å². The highest BCUT2D eigenvalue weighted by Crippen LogP contribution is 2.34. The van der Waals surface area contributed by atoms with Crippen molar-refractivity contribution in [2.24, 2.45) is 0 Å². The van der Waals surface area contributed by atoms with E-state index in [9.17, 15) is 15.0 Å². The number of aliphatic hydroxyl groups is 2. The zero-order chi connectivity index (χ0) is 15.3. The Bertz CT molecular complexity index is 466. The van der Waals surface area contributed by atoms with E-state index < -0.39 is 11.0 Å². The summed E-state index contributed by atoms with van der Waals surface area (Å²) in [5.74, 6) is -0.124. The van der Waals surface area contributed by atoms with E-state index in [4.69, 9.17) is 0 Å². The molecular weight excluding hydrogens is 268 g/mol. The van der Waals surface area contributed by atoms with Crippen LogP contribution < -0.4 is 10.6 Å². The molecule has 1 amide bonds. The van der Waals surface area contributed by atoms with Gasteiger partial charge in [-0.2, -0.15) is 0 Å². The summed E-state index contributed by atoms with van der Waals surface area (Å²) in [4.78, 5) is 12.9. The first-order valence-corrected chi connectivity index (χ1v) is 7.37. The molecule has 1 saturated heterocycles. The summed E-state index contributed by atoms with van der Waals surface area (Å²) < 4.78 is 0. The number of hydrogen-bond donors (Lipinski definition) is 4. The van der Waals surface area contributed by atoms with Crippen LogP contribution in [-0.2, 0) is 10.2 Å². The lowest BCUT2D eigenvalue weighted by atomic mass is 9.72. The van der Waals surface area contributed by atoms with Gasteiger partial charge in [-0.25, -0.2) is 0 Å². The van der Waals surface area contributed by atoms with Gasteiger partial charge >= 0.3 is 0 Å². The molecule has 1 aliphatic rings. The van der Waals surface area contributed by atoms with E-state index in [0.717, 1.165) is 18.7 Å². The van der Waals surface area contributed by atoms with E-state index in [1.54, 1.807) is 6.92 Å². The van der Waals surface area contributed by atoms with E-state index in [1.807, 2.05) is 30.3 Å². The minimum atomic E-state index is -0.996. The molecule has 0 unspecified atom stereocenters. The number of carbonyl (C=O) groups excluding carboxylic acids is 1. The number of hydrogen-bond acceptors (Lipinski definition) is 4. The maximum Gasteiger partial charge on any atom is 0.231 e. The first-order chi connectivity index (χ1) is 10.1. The molecule has 0 spiro atoms. The van der Waals surface area contributed by atoms with Crippen molar-refractivity contribution in [2.45, 2.75) is 30.7 Å². The third-order valence-electron chi connectivity index (χ3n) is 4.33. The Morgan fingerprint density at radius 2 is 1.81 bits per heavy atom. The van der Waals surface area contributed by atoms with E-state index >= 15 is 0 Å². The molecule has 5 nitrogen and oxygen atoms in total. The minimum Gasteiger partial charge on any atom is -0.394 e. The summed E-state index contributed by atoms with van der Waals surface area (Å²) in [7, 11) is 0. The van der Waals surface area contributed by atoms with Crippen LogP contribution in [-0.4, -0.2) is 48.0 Å². The number of aliphatic hydroxyl groups excluding tert-OH is 2. The first-order valence-electron chi connectivity index (χ1n) is 7.37. The van der Waals surface area contributed by atoms with Gasteiger partial charge in [0, 0.05) is 0 Å². The number of piperidine rings is 1. The molecule has 116 valence electrons. The molecule has 0 bridgehead atoms. The van der Waals surface area contributed by atoms with Gasteiger partial charge in [-0.05, 0) is 38.4 Å². The summed E-state index contributed by atoms with van der Waals surface area (Å²) in [6.07, 6.45) is 1.41. The van der Waals surface area contributed by atoms with Crippen molar-refractivity contribution in [1.29, 1.82) is 0 Å². The average molecular weight is 292 g/mol. The van der Waals surface area contributed by atoms with Gasteiger partial charge in [0.15, 0.2) is 0 Å². The van der Waals surface area contributed by atoms with E-state index in [-0.39, 0.29) is 19.1 Å². The highest BCUT2D eigenvalue weighted by molar-refractivity contribution is 5.89. The number of nitrogens with one attached hydrogen (secondary N) is 2. The molecule has 1 heterocycles. The largest absolute Gasteiger partial charge is 0.394 e. The highest BCUT2D eigenvalue weighted by Gasteiger charge is 2.43. The summed E-state index contributed by atoms with van der Waals surface area (Å²) >= 11 is 0. The molecule has 2 rings (SSSR count). The SMILES string of the molecule is CC(CO)(CO)NC(=O)C1(c2ccccc2)CCNCC1.